The molecule has 0 aliphatic rings. The van der Waals surface area contributed by atoms with E-state index in [9.17, 15) is 0 Å². The Labute approximate surface area is 151 Å². The highest BCUT2D eigenvalue weighted by molar-refractivity contribution is 5.65. The second kappa shape index (κ2) is 7.29. The molecule has 7 nitrogen and oxygen atoms in total. The molecule has 7 heteroatoms. The summed E-state index contributed by atoms with van der Waals surface area (Å²) < 4.78 is 0. The molecule has 0 amide bonds. The number of hydrogen-bond acceptors (Lipinski definition) is 7. The third-order valence-electron chi connectivity index (χ3n) is 3.74. The number of nitriles is 2. The summed E-state index contributed by atoms with van der Waals surface area (Å²) in [5, 5.41) is 24.1. The molecule has 0 fully saturated rings. The van der Waals surface area contributed by atoms with Crippen molar-refractivity contribution in [1.82, 2.24) is 15.0 Å². The lowest BCUT2D eigenvalue weighted by Gasteiger charge is -2.12. The Morgan fingerprint density at radius 3 is 1.96 bits per heavy atom. The first-order valence-electron chi connectivity index (χ1n) is 7.83. The van der Waals surface area contributed by atoms with Gasteiger partial charge in [-0.05, 0) is 61.4 Å². The maximum Gasteiger partial charge on any atom is 0.232 e. The van der Waals surface area contributed by atoms with Crippen molar-refractivity contribution in [2.24, 2.45) is 0 Å². The molecule has 26 heavy (non-hydrogen) atoms. The van der Waals surface area contributed by atoms with Crippen LogP contribution in [-0.4, -0.2) is 15.0 Å². The van der Waals surface area contributed by atoms with Gasteiger partial charge >= 0.3 is 0 Å². The Balaban J connectivity index is 1.82. The van der Waals surface area contributed by atoms with E-state index in [4.69, 9.17) is 10.5 Å². The van der Waals surface area contributed by atoms with Crippen molar-refractivity contribution in [3.63, 3.8) is 0 Å². The Morgan fingerprint density at radius 2 is 1.38 bits per heavy atom. The van der Waals surface area contributed by atoms with Crippen LogP contribution in [0.15, 0.2) is 42.7 Å². The van der Waals surface area contributed by atoms with E-state index in [2.05, 4.69) is 37.7 Å². The minimum atomic E-state index is 0.385. The van der Waals surface area contributed by atoms with Crippen molar-refractivity contribution in [2.45, 2.75) is 13.8 Å². The molecule has 0 aliphatic carbocycles. The van der Waals surface area contributed by atoms with E-state index in [0.29, 0.717) is 23.0 Å². The summed E-state index contributed by atoms with van der Waals surface area (Å²) in [5.74, 6) is 0.781. The molecule has 0 bridgehead atoms. The second-order valence-corrected chi connectivity index (χ2v) is 5.67. The number of aromatic nitrogens is 3. The number of aryl methyl sites for hydroxylation is 2. The molecule has 0 saturated heterocycles. The molecular weight excluding hydrogens is 326 g/mol. The van der Waals surface area contributed by atoms with Crippen LogP contribution in [-0.2, 0) is 0 Å². The molecule has 0 atom stereocenters. The predicted octanol–water partition coefficient (Wildman–Crippen LogP) is 3.72. The normalized spacial score (nSPS) is 9.85. The Hall–Kier alpha value is -3.97. The maximum atomic E-state index is 9.05. The number of rotatable bonds is 4. The molecule has 0 saturated carbocycles. The third-order valence-corrected chi connectivity index (χ3v) is 3.74. The minimum absolute atomic E-state index is 0.385. The monoisotopic (exact) mass is 341 g/mol. The van der Waals surface area contributed by atoms with Gasteiger partial charge in [-0.3, -0.25) is 0 Å². The molecule has 0 spiro atoms. The largest absolute Gasteiger partial charge is 0.324 e. The maximum absolute atomic E-state index is 9.05. The molecule has 126 valence electrons. The van der Waals surface area contributed by atoms with E-state index in [-0.39, 0.29) is 0 Å². The summed E-state index contributed by atoms with van der Waals surface area (Å²) in [7, 11) is 0. The third kappa shape index (κ3) is 3.74. The zero-order valence-corrected chi connectivity index (χ0v) is 14.3. The van der Waals surface area contributed by atoms with Gasteiger partial charge in [-0.25, -0.2) is 9.97 Å². The van der Waals surface area contributed by atoms with Gasteiger partial charge in [0.05, 0.1) is 23.3 Å². The van der Waals surface area contributed by atoms with Crippen molar-refractivity contribution in [2.75, 3.05) is 10.6 Å². The van der Waals surface area contributed by atoms with E-state index in [0.717, 1.165) is 22.5 Å². The van der Waals surface area contributed by atoms with Crippen molar-refractivity contribution in [1.29, 1.82) is 10.5 Å². The zero-order chi connectivity index (χ0) is 18.5. The fourth-order valence-electron chi connectivity index (χ4n) is 2.51. The highest BCUT2D eigenvalue weighted by Gasteiger charge is 2.08. The molecule has 0 aliphatic heterocycles. The second-order valence-electron chi connectivity index (χ2n) is 5.67. The number of hydrogen-bond donors (Lipinski definition) is 2. The lowest BCUT2D eigenvalue weighted by atomic mass is 10.1. The molecule has 3 rings (SSSR count). The van der Waals surface area contributed by atoms with Gasteiger partial charge in [-0.1, -0.05) is 0 Å². The zero-order valence-electron chi connectivity index (χ0n) is 14.3. The van der Waals surface area contributed by atoms with Crippen molar-refractivity contribution in [3.05, 3.63) is 65.0 Å². The van der Waals surface area contributed by atoms with Crippen LogP contribution in [0.1, 0.15) is 22.3 Å². The van der Waals surface area contributed by atoms with Crippen LogP contribution in [0, 0.1) is 36.5 Å². The fourth-order valence-corrected chi connectivity index (χ4v) is 2.51. The average molecular weight is 341 g/mol. The van der Waals surface area contributed by atoms with Gasteiger partial charge in [-0.2, -0.15) is 15.5 Å². The van der Waals surface area contributed by atoms with Crippen LogP contribution in [0.5, 0.6) is 0 Å². The van der Waals surface area contributed by atoms with E-state index in [1.165, 1.54) is 6.33 Å². The number of nitrogens with zero attached hydrogens (tertiary/aromatic N) is 5. The summed E-state index contributed by atoms with van der Waals surface area (Å²) in [6, 6.07) is 14.8. The van der Waals surface area contributed by atoms with Gasteiger partial charge in [-0.15, -0.1) is 0 Å². The van der Waals surface area contributed by atoms with E-state index in [1.807, 2.05) is 26.0 Å². The van der Waals surface area contributed by atoms with Gasteiger partial charge in [0.2, 0.25) is 11.9 Å². The minimum Gasteiger partial charge on any atom is -0.324 e. The van der Waals surface area contributed by atoms with Crippen LogP contribution in [0.25, 0.3) is 0 Å². The lowest BCUT2D eigenvalue weighted by Crippen LogP contribution is -2.04. The molecule has 1 aromatic heterocycles. The Kier molecular flexibility index (Phi) is 4.73. The van der Waals surface area contributed by atoms with Crippen LogP contribution >= 0.6 is 0 Å². The van der Waals surface area contributed by atoms with Gasteiger partial charge in [0.15, 0.2) is 0 Å². The summed E-state index contributed by atoms with van der Waals surface area (Å²) in [4.78, 5) is 12.6. The highest BCUT2D eigenvalue weighted by atomic mass is 15.2. The Bertz CT molecular complexity index is 1000. The number of benzene rings is 2. The topological polar surface area (TPSA) is 110 Å². The predicted molar refractivity (Wildman–Crippen MR) is 98.2 cm³/mol. The fraction of sp³-hybridized carbons (Fsp3) is 0.105. The standard InChI is InChI=1S/C19H15N7/c1-12-7-15(10-21)8-13(2)17(12)25-19-23-11-22-18(26-19)24-16-5-3-14(9-20)4-6-16/h3-8,11H,1-2H3,(H2,22,23,24,25,26). The van der Waals surface area contributed by atoms with Gasteiger partial charge in [0, 0.05) is 11.4 Å². The van der Waals surface area contributed by atoms with Crippen LogP contribution < -0.4 is 10.6 Å². The molecule has 2 aromatic carbocycles. The first-order valence-corrected chi connectivity index (χ1v) is 7.83. The van der Waals surface area contributed by atoms with Gasteiger partial charge in [0.25, 0.3) is 0 Å². The van der Waals surface area contributed by atoms with E-state index >= 15 is 0 Å². The smallest absolute Gasteiger partial charge is 0.232 e. The summed E-state index contributed by atoms with van der Waals surface area (Å²) >= 11 is 0. The average Bonchev–Trinajstić information content (AvgIpc) is 2.65. The molecule has 0 unspecified atom stereocenters. The lowest BCUT2D eigenvalue weighted by molar-refractivity contribution is 1.06. The van der Waals surface area contributed by atoms with Crippen molar-refractivity contribution >= 4 is 23.3 Å². The molecule has 0 radical (unpaired) electrons. The van der Waals surface area contributed by atoms with Gasteiger partial charge < -0.3 is 10.6 Å². The first-order chi connectivity index (χ1) is 12.6. The van der Waals surface area contributed by atoms with E-state index in [1.54, 1.807) is 24.3 Å². The number of nitrogens with one attached hydrogen (secondary N) is 2. The van der Waals surface area contributed by atoms with Gasteiger partial charge in [0.1, 0.15) is 6.33 Å². The molecule has 2 N–H and O–H groups in total. The summed E-state index contributed by atoms with van der Waals surface area (Å²) in [6.45, 7) is 3.85. The first kappa shape index (κ1) is 16.9. The molecule has 1 heterocycles. The molecular formula is C19H15N7. The van der Waals surface area contributed by atoms with Crippen molar-refractivity contribution < 1.29 is 0 Å². The van der Waals surface area contributed by atoms with Crippen LogP contribution in [0.3, 0.4) is 0 Å². The quantitative estimate of drug-likeness (QED) is 0.744. The number of anilines is 4. The Morgan fingerprint density at radius 1 is 0.808 bits per heavy atom. The summed E-state index contributed by atoms with van der Waals surface area (Å²) in [6.07, 6.45) is 1.41. The molecule has 3 aromatic rings. The highest BCUT2D eigenvalue weighted by Crippen LogP contribution is 2.25. The summed E-state index contributed by atoms with van der Waals surface area (Å²) in [5.41, 5.74) is 4.70. The van der Waals surface area contributed by atoms with E-state index < -0.39 is 0 Å². The van der Waals surface area contributed by atoms with Crippen LogP contribution in [0.2, 0.25) is 0 Å². The van der Waals surface area contributed by atoms with Crippen molar-refractivity contribution in [3.8, 4) is 12.1 Å². The van der Waals surface area contributed by atoms with Crippen LogP contribution in [0.4, 0.5) is 23.3 Å². The SMILES string of the molecule is Cc1cc(C#N)cc(C)c1Nc1ncnc(Nc2ccc(C#N)cc2)n1.